The van der Waals surface area contributed by atoms with Gasteiger partial charge in [0.2, 0.25) is 0 Å². The van der Waals surface area contributed by atoms with Crippen molar-refractivity contribution in [1.29, 1.82) is 5.26 Å². The second kappa shape index (κ2) is 3.52. The molecule has 1 rings (SSSR count). The van der Waals surface area contributed by atoms with Crippen molar-refractivity contribution in [3.63, 3.8) is 0 Å². The maximum atomic E-state index is 11.2. The molecule has 0 aliphatic heterocycles. The molecule has 2 heteroatoms. The normalized spacial score (nSPS) is 12.8. The van der Waals surface area contributed by atoms with Crippen LogP contribution in [0.4, 0.5) is 0 Å². The number of hydrogen-bond donors (Lipinski definition) is 0. The van der Waals surface area contributed by atoms with Crippen LogP contribution in [0.25, 0.3) is 0 Å². The molecule has 54 valence electrons. The Labute approximate surface area is 66.5 Å². The molecule has 0 N–H and O–H groups in total. The van der Waals surface area contributed by atoms with Crippen molar-refractivity contribution in [2.24, 2.45) is 0 Å². The van der Waals surface area contributed by atoms with E-state index in [0.717, 1.165) is 0 Å². The first-order valence-corrected chi connectivity index (χ1v) is 3.17. The predicted molar refractivity (Wildman–Crippen MR) is 41.0 cm³/mol. The number of nitrogens with zero attached hydrogens (tertiary/aromatic N) is 1. The van der Waals surface area contributed by atoms with Crippen LogP contribution in [0.1, 0.15) is 18.1 Å². The summed E-state index contributed by atoms with van der Waals surface area (Å²) in [6.07, 6.45) is -1.30. The van der Waals surface area contributed by atoms with E-state index in [1.54, 1.807) is 36.4 Å². The monoisotopic (exact) mass is 146 g/mol. The van der Waals surface area contributed by atoms with E-state index in [4.69, 9.17) is 6.63 Å². The summed E-state index contributed by atoms with van der Waals surface area (Å²) < 4.78 is 7.05. The Hall–Kier alpha value is -1.62. The van der Waals surface area contributed by atoms with Gasteiger partial charge in [-0.3, -0.25) is 4.79 Å². The number of hydrogen-bond acceptors (Lipinski definition) is 2. The zero-order valence-electron chi connectivity index (χ0n) is 6.82. The molecule has 0 radical (unpaired) electrons. The Bertz CT molecular complexity index is 315. The van der Waals surface area contributed by atoms with E-state index in [1.165, 1.54) is 0 Å². The van der Waals surface area contributed by atoms with Crippen molar-refractivity contribution in [2.45, 2.75) is 6.40 Å². The maximum Gasteiger partial charge on any atom is 0.176 e. The lowest BCUT2D eigenvalue weighted by atomic mass is 10.1. The summed E-state index contributed by atoms with van der Waals surface area (Å²) in [5, 5.41) is 8.31. The van der Waals surface area contributed by atoms with Gasteiger partial charge in [0, 0.05) is 5.56 Å². The summed E-state index contributed by atoms with van der Waals surface area (Å²) in [5.41, 5.74) is 0.416. The van der Waals surface area contributed by atoms with Gasteiger partial charge in [-0.05, 0) is 0 Å². The predicted octanol–water partition coefficient (Wildman–Crippen LogP) is 1.78. The third-order valence-electron chi connectivity index (χ3n) is 1.25. The number of nitriles is 1. The fourth-order valence-corrected chi connectivity index (χ4v) is 0.744. The number of benzene rings is 1. The van der Waals surface area contributed by atoms with E-state index in [-0.39, 0.29) is 0 Å². The highest BCUT2D eigenvalue weighted by Gasteiger charge is 2.01. The third kappa shape index (κ3) is 1.91. The quantitative estimate of drug-likeness (QED) is 0.597. The molecule has 0 aromatic heterocycles. The summed E-state index contributed by atoms with van der Waals surface area (Å²) in [6.45, 7) is 0. The first kappa shape index (κ1) is 6.11. The molecule has 1 aromatic rings. The van der Waals surface area contributed by atoms with Gasteiger partial charge in [-0.1, -0.05) is 30.3 Å². The lowest BCUT2D eigenvalue weighted by molar-refractivity contribution is 0.0998. The number of Topliss-reactive ketones (excluding diaryl/α,β-unsaturated/α-hetero) is 1. The Kier molecular flexibility index (Phi) is 1.96. The number of ketones is 1. The standard InChI is InChI=1S/C9H7NO/c10-7-6-9(11)8-4-2-1-3-5-8/h1-5H,6H2/i6D. The molecule has 0 aliphatic carbocycles. The number of rotatable bonds is 2. The minimum absolute atomic E-state index is 0.416. The van der Waals surface area contributed by atoms with Crippen molar-refractivity contribution in [3.8, 4) is 6.07 Å². The molecule has 1 atom stereocenters. The van der Waals surface area contributed by atoms with Gasteiger partial charge in [-0.25, -0.2) is 0 Å². The fraction of sp³-hybridized carbons (Fsp3) is 0.111. The van der Waals surface area contributed by atoms with Gasteiger partial charge in [0.05, 0.1) is 13.8 Å². The highest BCUT2D eigenvalue weighted by molar-refractivity contribution is 5.97. The van der Waals surface area contributed by atoms with Crippen LogP contribution in [0, 0.1) is 11.3 Å². The highest BCUT2D eigenvalue weighted by Crippen LogP contribution is 2.01. The molecule has 0 heterocycles. The largest absolute Gasteiger partial charge is 0.293 e. The van der Waals surface area contributed by atoms with Crippen molar-refractivity contribution in [1.82, 2.24) is 0 Å². The van der Waals surface area contributed by atoms with Crippen molar-refractivity contribution < 1.29 is 6.17 Å². The molecule has 0 spiro atoms. The molecular formula is C9H7NO. The average Bonchev–Trinajstić information content (AvgIpc) is 2.17. The van der Waals surface area contributed by atoms with Crippen molar-refractivity contribution in [2.75, 3.05) is 0 Å². The van der Waals surface area contributed by atoms with Crippen molar-refractivity contribution >= 4 is 5.78 Å². The lowest BCUT2D eigenvalue weighted by Crippen LogP contribution is -1.95. The molecule has 0 fully saturated rings. The molecule has 1 aromatic carbocycles. The first-order chi connectivity index (χ1) is 5.75. The zero-order valence-corrected chi connectivity index (χ0v) is 5.82. The van der Waals surface area contributed by atoms with Gasteiger partial charge >= 0.3 is 0 Å². The Morgan fingerprint density at radius 3 is 2.73 bits per heavy atom. The van der Waals surface area contributed by atoms with Crippen molar-refractivity contribution in [3.05, 3.63) is 35.9 Å². The zero-order chi connectivity index (χ0) is 8.97. The van der Waals surface area contributed by atoms with Crippen LogP contribution in [-0.4, -0.2) is 5.78 Å². The molecule has 0 saturated carbocycles. The summed E-state index contributed by atoms with van der Waals surface area (Å²) in [4.78, 5) is 11.2. The molecule has 0 amide bonds. The van der Waals surface area contributed by atoms with Gasteiger partial charge in [-0.2, -0.15) is 5.26 Å². The smallest absolute Gasteiger partial charge is 0.176 e. The van der Waals surface area contributed by atoms with Crippen LogP contribution < -0.4 is 0 Å². The SMILES string of the molecule is [2H]C(C#N)C(=O)c1ccccc1. The van der Waals surface area contributed by atoms with Crippen LogP contribution in [-0.2, 0) is 0 Å². The number of carbonyl (C=O) groups is 1. The van der Waals surface area contributed by atoms with E-state index in [0.29, 0.717) is 5.56 Å². The summed E-state index contributed by atoms with van der Waals surface area (Å²) in [7, 11) is 0. The molecule has 11 heavy (non-hydrogen) atoms. The van der Waals surface area contributed by atoms with Gasteiger partial charge in [0.1, 0.15) is 0 Å². The summed E-state index contributed by atoms with van der Waals surface area (Å²) in [5.74, 6) is -0.446. The van der Waals surface area contributed by atoms with Gasteiger partial charge < -0.3 is 0 Å². The third-order valence-corrected chi connectivity index (χ3v) is 1.25. The van der Waals surface area contributed by atoms with E-state index < -0.39 is 12.2 Å². The second-order valence-corrected chi connectivity index (χ2v) is 2.00. The van der Waals surface area contributed by atoms with Gasteiger partial charge in [0.25, 0.3) is 0 Å². The van der Waals surface area contributed by atoms with Crippen LogP contribution in [0.3, 0.4) is 0 Å². The molecule has 0 aliphatic rings. The van der Waals surface area contributed by atoms with E-state index in [1.807, 2.05) is 0 Å². The molecule has 0 bridgehead atoms. The Balaban J connectivity index is 2.88. The maximum absolute atomic E-state index is 11.2. The topological polar surface area (TPSA) is 40.9 Å². The minimum atomic E-state index is -1.30. The summed E-state index contributed by atoms with van der Waals surface area (Å²) >= 11 is 0. The lowest BCUT2D eigenvalue weighted by Gasteiger charge is -1.92. The Morgan fingerprint density at radius 2 is 2.18 bits per heavy atom. The molecule has 1 unspecified atom stereocenters. The molecular weight excluding hydrogens is 138 g/mol. The first-order valence-electron chi connectivity index (χ1n) is 3.74. The highest BCUT2D eigenvalue weighted by atomic mass is 16.1. The van der Waals surface area contributed by atoms with Gasteiger partial charge in [-0.15, -0.1) is 0 Å². The van der Waals surface area contributed by atoms with E-state index >= 15 is 0 Å². The van der Waals surface area contributed by atoms with Crippen LogP contribution in [0.2, 0.25) is 0 Å². The average molecular weight is 146 g/mol. The number of carbonyl (C=O) groups excluding carboxylic acids is 1. The van der Waals surface area contributed by atoms with Crippen LogP contribution in [0.5, 0.6) is 0 Å². The molecule has 0 saturated heterocycles. The van der Waals surface area contributed by atoms with E-state index in [2.05, 4.69) is 0 Å². The summed E-state index contributed by atoms with van der Waals surface area (Å²) in [6, 6.07) is 9.97. The molecule has 2 nitrogen and oxygen atoms in total. The Morgan fingerprint density at radius 1 is 1.55 bits per heavy atom. The minimum Gasteiger partial charge on any atom is -0.293 e. The van der Waals surface area contributed by atoms with Gasteiger partial charge in [0.15, 0.2) is 5.78 Å². The van der Waals surface area contributed by atoms with Crippen LogP contribution in [0.15, 0.2) is 30.3 Å². The second-order valence-electron chi connectivity index (χ2n) is 2.00. The van der Waals surface area contributed by atoms with E-state index in [9.17, 15) is 4.79 Å². The fourth-order valence-electron chi connectivity index (χ4n) is 0.744. The van der Waals surface area contributed by atoms with Crippen LogP contribution >= 0.6 is 0 Å².